The van der Waals surface area contributed by atoms with Crippen LogP contribution in [-0.4, -0.2) is 29.7 Å². The van der Waals surface area contributed by atoms with Gasteiger partial charge in [0, 0.05) is 6.42 Å². The second kappa shape index (κ2) is 20.5. The van der Waals surface area contributed by atoms with E-state index < -0.39 is 5.97 Å². The van der Waals surface area contributed by atoms with Crippen molar-refractivity contribution in [3.63, 3.8) is 0 Å². The average molecular weight is 257 g/mol. The Labute approximate surface area is 108 Å². The lowest BCUT2D eigenvalue weighted by atomic mass is 10.1. The molecule has 0 aliphatic rings. The summed E-state index contributed by atoms with van der Waals surface area (Å²) in [6.07, 6.45) is 0.834. The maximum Gasteiger partial charge on any atom is 0.303 e. The molecule has 18 heavy (non-hydrogen) atoms. The Kier molecular flexibility index (Phi) is 24.4. The van der Waals surface area contributed by atoms with Crippen LogP contribution in [0.25, 0.3) is 0 Å². The number of benzene rings is 1. The van der Waals surface area contributed by atoms with Crippen LogP contribution in [-0.2, 0) is 16.0 Å². The Morgan fingerprint density at radius 3 is 1.94 bits per heavy atom. The third-order valence-corrected chi connectivity index (χ3v) is 1.47. The number of nitrogens with two attached hydrogens (primary N) is 1. The lowest BCUT2D eigenvalue weighted by molar-refractivity contribution is -0.137. The molecule has 4 N–H and O–H groups in total. The van der Waals surface area contributed by atoms with E-state index in [9.17, 15) is 4.79 Å². The third kappa shape index (κ3) is 19.7. The van der Waals surface area contributed by atoms with Crippen LogP contribution in [0.1, 0.15) is 25.8 Å². The van der Waals surface area contributed by atoms with Gasteiger partial charge in [0.1, 0.15) is 0 Å². The van der Waals surface area contributed by atoms with Gasteiger partial charge in [-0.25, -0.2) is 0 Å². The normalized spacial score (nSPS) is 7.11. The lowest BCUT2D eigenvalue weighted by Gasteiger charge is -1.95. The lowest BCUT2D eigenvalue weighted by Crippen LogP contribution is -1.96. The van der Waals surface area contributed by atoms with Crippen molar-refractivity contribution < 1.29 is 19.8 Å². The van der Waals surface area contributed by atoms with Gasteiger partial charge in [-0.3, -0.25) is 9.59 Å². The molecule has 0 spiro atoms. The zero-order chi connectivity index (χ0) is 14.8. The second-order valence-corrected chi connectivity index (χ2v) is 2.48. The van der Waals surface area contributed by atoms with Gasteiger partial charge in [0.15, 0.2) is 0 Å². The molecule has 0 bridgehead atoms. The molecule has 0 unspecified atom stereocenters. The van der Waals surface area contributed by atoms with Crippen LogP contribution in [0, 0.1) is 0 Å². The molecular weight excluding hydrogens is 234 g/mol. The van der Waals surface area contributed by atoms with Crippen molar-refractivity contribution in [3.05, 3.63) is 35.9 Å². The number of hydrogen-bond acceptors (Lipinski definition) is 3. The summed E-state index contributed by atoms with van der Waals surface area (Å²) in [5.74, 6) is -0.742. The minimum Gasteiger partial charge on any atom is -0.483 e. The maximum atomic E-state index is 10.2. The average Bonchev–Trinajstić information content (AvgIpc) is 2.43. The molecule has 0 atom stereocenters. The number of rotatable bonds is 3. The topological polar surface area (TPSA) is 101 Å². The van der Waals surface area contributed by atoms with Crippen LogP contribution in [0.5, 0.6) is 0 Å². The van der Waals surface area contributed by atoms with E-state index in [4.69, 9.17) is 15.0 Å². The summed E-state index contributed by atoms with van der Waals surface area (Å²) < 4.78 is 0. The van der Waals surface area contributed by atoms with Gasteiger partial charge < -0.3 is 15.9 Å². The summed E-state index contributed by atoms with van der Waals surface area (Å²) in [4.78, 5) is 18.5. The monoisotopic (exact) mass is 257 g/mol. The van der Waals surface area contributed by atoms with Crippen LogP contribution in [0.4, 0.5) is 0 Å². The molecule has 104 valence electrons. The summed E-state index contributed by atoms with van der Waals surface area (Å²) in [6.45, 7) is 3.75. The van der Waals surface area contributed by atoms with Crippen LogP contribution < -0.4 is 5.73 Å². The minimum atomic E-state index is -0.742. The molecule has 1 aromatic rings. The number of hydrogen-bond donors (Lipinski definition) is 3. The van der Waals surface area contributed by atoms with Crippen LogP contribution in [0.3, 0.4) is 0 Å². The molecule has 0 fully saturated rings. The van der Waals surface area contributed by atoms with Crippen molar-refractivity contribution in [2.24, 2.45) is 5.73 Å². The van der Waals surface area contributed by atoms with Crippen LogP contribution in [0.15, 0.2) is 30.3 Å². The predicted octanol–water partition coefficient (Wildman–Crippen LogP) is 2.01. The highest BCUT2D eigenvalue weighted by Crippen LogP contribution is 2.01. The number of carbonyl (C=O) groups is 2. The smallest absolute Gasteiger partial charge is 0.303 e. The molecular formula is C13H23NO4. The molecule has 0 saturated carbocycles. The number of carboxylic acid groups (broad SMARTS) is 2. The van der Waals surface area contributed by atoms with E-state index >= 15 is 0 Å². The zero-order valence-electron chi connectivity index (χ0n) is 11.2. The molecule has 0 saturated heterocycles. The molecule has 1 aromatic carbocycles. The highest BCUT2D eigenvalue weighted by atomic mass is 16.4. The fraction of sp³-hybridized carbons (Fsp3) is 0.385. The molecule has 5 nitrogen and oxygen atoms in total. The molecule has 1 rings (SSSR count). The molecule has 0 heterocycles. The molecule has 0 radical (unpaired) electrons. The first-order chi connectivity index (χ1) is 8.70. The van der Waals surface area contributed by atoms with Crippen molar-refractivity contribution >= 4 is 12.4 Å². The van der Waals surface area contributed by atoms with Crippen LogP contribution in [0.2, 0.25) is 0 Å². The van der Waals surface area contributed by atoms with Gasteiger partial charge in [0.25, 0.3) is 6.47 Å². The Hall–Kier alpha value is -1.88. The number of aryl methyl sites for hydroxylation is 1. The molecule has 0 aliphatic carbocycles. The van der Waals surface area contributed by atoms with Gasteiger partial charge in [0.05, 0.1) is 0 Å². The first-order valence-electron chi connectivity index (χ1n) is 5.62. The first kappa shape index (κ1) is 21.4. The van der Waals surface area contributed by atoms with Gasteiger partial charge in [0.2, 0.25) is 0 Å². The van der Waals surface area contributed by atoms with E-state index in [1.54, 1.807) is 0 Å². The largest absolute Gasteiger partial charge is 0.483 e. The van der Waals surface area contributed by atoms with Crippen molar-refractivity contribution in [2.75, 3.05) is 7.05 Å². The molecule has 5 heteroatoms. The standard InChI is InChI=1S/C9H10O2.C2H6.CH5N.CH2O2/c10-9(11)7-6-8-4-2-1-3-5-8;2*1-2;2-1-3/h1-5H,6-7H2,(H,10,11);1-2H3;2H2,1H3;1H,(H,2,3). The SMILES string of the molecule is CC.CN.O=C(O)CCc1ccccc1.O=CO. The van der Waals surface area contributed by atoms with E-state index in [-0.39, 0.29) is 12.9 Å². The number of carboxylic acids is 1. The van der Waals surface area contributed by atoms with Gasteiger partial charge in [-0.15, -0.1) is 0 Å². The fourth-order valence-electron chi connectivity index (χ4n) is 0.896. The highest BCUT2D eigenvalue weighted by molar-refractivity contribution is 5.67. The van der Waals surface area contributed by atoms with E-state index in [0.717, 1.165) is 5.56 Å². The van der Waals surface area contributed by atoms with E-state index in [1.807, 2.05) is 44.2 Å². The number of aliphatic carboxylic acids is 1. The van der Waals surface area contributed by atoms with Crippen molar-refractivity contribution in [3.8, 4) is 0 Å². The summed E-state index contributed by atoms with van der Waals surface area (Å²) in [6, 6.07) is 9.62. The van der Waals surface area contributed by atoms with Crippen molar-refractivity contribution in [2.45, 2.75) is 26.7 Å². The summed E-state index contributed by atoms with van der Waals surface area (Å²) >= 11 is 0. The third-order valence-electron chi connectivity index (χ3n) is 1.47. The predicted molar refractivity (Wildman–Crippen MR) is 72.6 cm³/mol. The Balaban J connectivity index is -0.000000274. The van der Waals surface area contributed by atoms with E-state index in [2.05, 4.69) is 5.73 Å². The van der Waals surface area contributed by atoms with Crippen molar-refractivity contribution in [1.82, 2.24) is 0 Å². The van der Waals surface area contributed by atoms with Gasteiger partial charge in [-0.1, -0.05) is 44.2 Å². The summed E-state index contributed by atoms with van der Waals surface area (Å²) in [7, 11) is 1.50. The van der Waals surface area contributed by atoms with Crippen molar-refractivity contribution in [1.29, 1.82) is 0 Å². The van der Waals surface area contributed by atoms with Gasteiger partial charge >= 0.3 is 5.97 Å². The Morgan fingerprint density at radius 2 is 1.61 bits per heavy atom. The molecule has 0 aliphatic heterocycles. The highest BCUT2D eigenvalue weighted by Gasteiger charge is 1.96. The van der Waals surface area contributed by atoms with Gasteiger partial charge in [-0.2, -0.15) is 0 Å². The van der Waals surface area contributed by atoms with E-state index in [0.29, 0.717) is 6.42 Å². The summed E-state index contributed by atoms with van der Waals surface area (Å²) in [5, 5.41) is 15.3. The Bertz CT molecular complexity index is 276. The second-order valence-electron chi connectivity index (χ2n) is 2.48. The van der Waals surface area contributed by atoms with Gasteiger partial charge in [-0.05, 0) is 19.0 Å². The van der Waals surface area contributed by atoms with E-state index in [1.165, 1.54) is 7.05 Å². The zero-order valence-corrected chi connectivity index (χ0v) is 11.2. The quantitative estimate of drug-likeness (QED) is 0.719. The molecule has 0 aromatic heterocycles. The fourth-order valence-corrected chi connectivity index (χ4v) is 0.896. The minimum absolute atomic E-state index is 0.212. The maximum absolute atomic E-state index is 10.2. The molecule has 0 amide bonds. The summed E-state index contributed by atoms with van der Waals surface area (Å²) in [5.41, 5.74) is 5.58. The first-order valence-corrected chi connectivity index (χ1v) is 5.62. The van der Waals surface area contributed by atoms with Crippen LogP contribution >= 0.6 is 0 Å². The Morgan fingerprint density at radius 1 is 1.22 bits per heavy atom.